The van der Waals surface area contributed by atoms with Gasteiger partial charge < -0.3 is 4.74 Å². The van der Waals surface area contributed by atoms with E-state index < -0.39 is 6.09 Å². The van der Waals surface area contributed by atoms with E-state index in [0.29, 0.717) is 0 Å². The first-order chi connectivity index (χ1) is 7.27. The molecule has 15 heavy (non-hydrogen) atoms. The molecule has 0 atom stereocenters. The number of anilines is 1. The lowest BCUT2D eigenvalue weighted by molar-refractivity contribution is 0.187. The smallest absolute Gasteiger partial charge is 0.411 e. The third-order valence-electron chi connectivity index (χ3n) is 2.24. The van der Waals surface area contributed by atoms with Crippen molar-refractivity contribution in [3.63, 3.8) is 0 Å². The van der Waals surface area contributed by atoms with Gasteiger partial charge in [0, 0.05) is 5.69 Å². The molecule has 1 N–H and O–H groups in total. The average molecular weight is 207 g/mol. The molecule has 0 aliphatic heterocycles. The van der Waals surface area contributed by atoms with Crippen molar-refractivity contribution in [1.82, 2.24) is 0 Å². The van der Waals surface area contributed by atoms with Crippen molar-refractivity contribution < 1.29 is 9.53 Å². The molecule has 3 heteroatoms. The predicted octanol–water partition coefficient (Wildman–Crippen LogP) is 3.21. The van der Waals surface area contributed by atoms with Crippen LogP contribution in [0.2, 0.25) is 0 Å². The lowest BCUT2D eigenvalue weighted by atomic mass is 10.1. The quantitative estimate of drug-likeness (QED) is 0.823. The van der Waals surface area contributed by atoms with Gasteiger partial charge in [0.15, 0.2) is 0 Å². The number of unbranched alkanes of at least 4 members (excludes halogenated alkanes) is 1. The molecule has 0 saturated heterocycles. The molecule has 0 fully saturated rings. The Morgan fingerprint density at radius 2 is 2.13 bits per heavy atom. The number of benzene rings is 1. The molecule has 0 radical (unpaired) electrons. The Morgan fingerprint density at radius 1 is 1.40 bits per heavy atom. The first-order valence-corrected chi connectivity index (χ1v) is 5.20. The van der Waals surface area contributed by atoms with Crippen LogP contribution in [0.25, 0.3) is 0 Å². The molecule has 1 aromatic carbocycles. The number of hydrogen-bond donors (Lipinski definition) is 1. The molecule has 0 bridgehead atoms. The first-order valence-electron chi connectivity index (χ1n) is 5.20. The number of nitrogens with one attached hydrogen (secondary N) is 1. The number of amides is 1. The monoisotopic (exact) mass is 207 g/mol. The van der Waals surface area contributed by atoms with Crippen LogP contribution in [0, 0.1) is 0 Å². The summed E-state index contributed by atoms with van der Waals surface area (Å²) >= 11 is 0. The van der Waals surface area contributed by atoms with Gasteiger partial charge in [0.25, 0.3) is 0 Å². The molecule has 1 amide bonds. The molecule has 0 heterocycles. The fraction of sp³-hybridized carbons (Fsp3) is 0.417. The Labute approximate surface area is 90.4 Å². The number of rotatable bonds is 4. The SMILES string of the molecule is CCCCc1ccccc1NC(=O)OC. The van der Waals surface area contributed by atoms with Gasteiger partial charge in [0.1, 0.15) is 0 Å². The second-order valence-electron chi connectivity index (χ2n) is 3.38. The number of methoxy groups -OCH3 is 1. The highest BCUT2D eigenvalue weighted by Gasteiger charge is 2.04. The second kappa shape index (κ2) is 6.06. The number of carbonyl (C=O) groups excluding carboxylic acids is 1. The van der Waals surface area contributed by atoms with Crippen molar-refractivity contribution in [1.29, 1.82) is 0 Å². The summed E-state index contributed by atoms with van der Waals surface area (Å²) in [6.45, 7) is 2.15. The van der Waals surface area contributed by atoms with E-state index in [1.54, 1.807) is 0 Å². The van der Waals surface area contributed by atoms with Crippen LogP contribution in [-0.2, 0) is 11.2 Å². The summed E-state index contributed by atoms with van der Waals surface area (Å²) in [4.78, 5) is 11.1. The Bertz CT molecular complexity index is 323. The lowest BCUT2D eigenvalue weighted by Gasteiger charge is -2.09. The van der Waals surface area contributed by atoms with E-state index in [4.69, 9.17) is 0 Å². The molecule has 0 unspecified atom stereocenters. The molecule has 82 valence electrons. The van der Waals surface area contributed by atoms with Gasteiger partial charge in [-0.25, -0.2) is 4.79 Å². The van der Waals surface area contributed by atoms with E-state index in [-0.39, 0.29) is 0 Å². The molecule has 0 aromatic heterocycles. The van der Waals surface area contributed by atoms with Crippen LogP contribution in [0.1, 0.15) is 25.3 Å². The maximum absolute atomic E-state index is 11.1. The third-order valence-corrected chi connectivity index (χ3v) is 2.24. The van der Waals surface area contributed by atoms with Crippen molar-refractivity contribution in [3.8, 4) is 0 Å². The van der Waals surface area contributed by atoms with Gasteiger partial charge in [0.2, 0.25) is 0 Å². The summed E-state index contributed by atoms with van der Waals surface area (Å²) in [5, 5.41) is 2.71. The Morgan fingerprint density at radius 3 is 2.80 bits per heavy atom. The van der Waals surface area contributed by atoms with E-state index in [1.165, 1.54) is 7.11 Å². The zero-order chi connectivity index (χ0) is 11.1. The van der Waals surface area contributed by atoms with E-state index in [0.717, 1.165) is 30.5 Å². The largest absolute Gasteiger partial charge is 0.453 e. The molecular formula is C12H17NO2. The van der Waals surface area contributed by atoms with Crippen LogP contribution >= 0.6 is 0 Å². The standard InChI is InChI=1S/C12H17NO2/c1-3-4-7-10-8-5-6-9-11(10)13-12(14)15-2/h5-6,8-9H,3-4,7H2,1-2H3,(H,13,14). The van der Waals surface area contributed by atoms with E-state index in [9.17, 15) is 4.79 Å². The van der Waals surface area contributed by atoms with Crippen molar-refractivity contribution in [3.05, 3.63) is 29.8 Å². The minimum atomic E-state index is -0.418. The topological polar surface area (TPSA) is 38.3 Å². The van der Waals surface area contributed by atoms with Crippen LogP contribution in [0.4, 0.5) is 10.5 Å². The lowest BCUT2D eigenvalue weighted by Crippen LogP contribution is -2.12. The van der Waals surface area contributed by atoms with Gasteiger partial charge in [-0.05, 0) is 24.5 Å². The van der Waals surface area contributed by atoms with E-state index in [2.05, 4.69) is 17.0 Å². The van der Waals surface area contributed by atoms with Crippen LogP contribution in [0.15, 0.2) is 24.3 Å². The number of ether oxygens (including phenoxy) is 1. The summed E-state index contributed by atoms with van der Waals surface area (Å²) in [6.07, 6.45) is 2.84. The number of aryl methyl sites for hydroxylation is 1. The predicted molar refractivity (Wildman–Crippen MR) is 61.1 cm³/mol. The number of carbonyl (C=O) groups is 1. The molecule has 0 aliphatic rings. The normalized spacial score (nSPS) is 9.73. The molecule has 0 aliphatic carbocycles. The molecule has 1 rings (SSSR count). The van der Waals surface area contributed by atoms with Gasteiger partial charge in [-0.1, -0.05) is 31.5 Å². The first kappa shape index (κ1) is 11.6. The van der Waals surface area contributed by atoms with Gasteiger partial charge in [0.05, 0.1) is 7.11 Å². The van der Waals surface area contributed by atoms with Crippen molar-refractivity contribution >= 4 is 11.8 Å². The molecule has 0 spiro atoms. The highest BCUT2D eigenvalue weighted by atomic mass is 16.5. The van der Waals surface area contributed by atoms with E-state index >= 15 is 0 Å². The van der Waals surface area contributed by atoms with Gasteiger partial charge in [-0.3, -0.25) is 5.32 Å². The maximum Gasteiger partial charge on any atom is 0.411 e. The Hall–Kier alpha value is -1.51. The molecular weight excluding hydrogens is 190 g/mol. The van der Waals surface area contributed by atoms with Gasteiger partial charge >= 0.3 is 6.09 Å². The van der Waals surface area contributed by atoms with Crippen molar-refractivity contribution in [2.75, 3.05) is 12.4 Å². The fourth-order valence-corrected chi connectivity index (χ4v) is 1.39. The third kappa shape index (κ3) is 3.62. The van der Waals surface area contributed by atoms with Gasteiger partial charge in [-0.15, -0.1) is 0 Å². The van der Waals surface area contributed by atoms with Crippen LogP contribution in [-0.4, -0.2) is 13.2 Å². The second-order valence-corrected chi connectivity index (χ2v) is 3.38. The van der Waals surface area contributed by atoms with Crippen molar-refractivity contribution in [2.45, 2.75) is 26.2 Å². The molecule has 3 nitrogen and oxygen atoms in total. The summed E-state index contributed by atoms with van der Waals surface area (Å²) in [5.74, 6) is 0. The van der Waals surface area contributed by atoms with E-state index in [1.807, 2.05) is 24.3 Å². The maximum atomic E-state index is 11.1. The average Bonchev–Trinajstić information content (AvgIpc) is 2.28. The Kier molecular flexibility index (Phi) is 4.68. The minimum absolute atomic E-state index is 0.418. The summed E-state index contributed by atoms with van der Waals surface area (Å²) in [6, 6.07) is 7.80. The summed E-state index contributed by atoms with van der Waals surface area (Å²) in [7, 11) is 1.37. The molecule has 1 aromatic rings. The number of hydrogen-bond acceptors (Lipinski definition) is 2. The minimum Gasteiger partial charge on any atom is -0.453 e. The zero-order valence-corrected chi connectivity index (χ0v) is 9.25. The highest BCUT2D eigenvalue weighted by Crippen LogP contribution is 2.17. The summed E-state index contributed by atoms with van der Waals surface area (Å²) in [5.41, 5.74) is 2.00. The van der Waals surface area contributed by atoms with Crippen LogP contribution < -0.4 is 5.32 Å². The molecule has 0 saturated carbocycles. The van der Waals surface area contributed by atoms with Gasteiger partial charge in [-0.2, -0.15) is 0 Å². The Balaban J connectivity index is 2.72. The fourth-order valence-electron chi connectivity index (χ4n) is 1.39. The summed E-state index contributed by atoms with van der Waals surface area (Å²) < 4.78 is 4.56. The highest BCUT2D eigenvalue weighted by molar-refractivity contribution is 5.85. The zero-order valence-electron chi connectivity index (χ0n) is 9.25. The van der Waals surface area contributed by atoms with Crippen LogP contribution in [0.3, 0.4) is 0 Å². The number of para-hydroxylation sites is 1. The van der Waals surface area contributed by atoms with Crippen molar-refractivity contribution in [2.24, 2.45) is 0 Å². The van der Waals surface area contributed by atoms with Crippen LogP contribution in [0.5, 0.6) is 0 Å².